The van der Waals surface area contributed by atoms with Crippen LogP contribution in [-0.4, -0.2) is 58.3 Å². The third-order valence-electron chi connectivity index (χ3n) is 2.38. The van der Waals surface area contributed by atoms with Gasteiger partial charge in [-0.3, -0.25) is 0 Å². The minimum Gasteiger partial charge on any atom is -0.463 e. The maximum atomic E-state index is 5.84. The summed E-state index contributed by atoms with van der Waals surface area (Å²) in [6.07, 6.45) is 4.04. The van der Waals surface area contributed by atoms with Crippen molar-refractivity contribution < 1.29 is 14.2 Å². The molecule has 114 valence electrons. The number of rotatable bonds is 9. The lowest BCUT2D eigenvalue weighted by atomic mass is 10.5. The number of nitrogens with zero attached hydrogens (tertiary/aromatic N) is 5. The number of hydrogen-bond acceptors (Lipinski definition) is 7. The van der Waals surface area contributed by atoms with Crippen molar-refractivity contribution in [3.63, 3.8) is 0 Å². The molecule has 0 radical (unpaired) electrons. The average Bonchev–Trinajstić information content (AvgIpc) is 3.00. The van der Waals surface area contributed by atoms with Crippen molar-refractivity contribution in [2.45, 2.75) is 6.42 Å². The highest BCUT2D eigenvalue weighted by atomic mass is 35.5. The highest BCUT2D eigenvalue weighted by molar-refractivity contribution is 6.28. The van der Waals surface area contributed by atoms with Crippen LogP contribution >= 0.6 is 11.6 Å². The lowest BCUT2D eigenvalue weighted by Gasteiger charge is -2.06. The molecule has 0 aliphatic heterocycles. The van der Waals surface area contributed by atoms with E-state index in [-0.39, 0.29) is 11.3 Å². The molecule has 2 heterocycles. The van der Waals surface area contributed by atoms with Crippen LogP contribution in [0.2, 0.25) is 5.28 Å². The third kappa shape index (κ3) is 5.25. The molecule has 2 rings (SSSR count). The van der Waals surface area contributed by atoms with Gasteiger partial charge < -0.3 is 14.2 Å². The maximum Gasteiger partial charge on any atom is 0.322 e. The van der Waals surface area contributed by atoms with Crippen LogP contribution < -0.4 is 4.74 Å². The summed E-state index contributed by atoms with van der Waals surface area (Å²) in [6, 6.07) is 1.92. The molecule has 0 saturated carbocycles. The molecule has 0 aromatic carbocycles. The molecule has 0 fully saturated rings. The monoisotopic (exact) mass is 313 g/mol. The smallest absolute Gasteiger partial charge is 0.322 e. The fourth-order valence-electron chi connectivity index (χ4n) is 1.44. The molecule has 0 spiro atoms. The first kappa shape index (κ1) is 15.6. The Bertz CT molecular complexity index is 538. The number of methoxy groups -OCH3 is 1. The topological polar surface area (TPSA) is 84.2 Å². The molecule has 0 bridgehead atoms. The van der Waals surface area contributed by atoms with Crippen molar-refractivity contribution >= 4 is 11.6 Å². The fourth-order valence-corrected chi connectivity index (χ4v) is 1.59. The van der Waals surface area contributed by atoms with Gasteiger partial charge in [-0.1, -0.05) is 0 Å². The summed E-state index contributed by atoms with van der Waals surface area (Å²) < 4.78 is 17.1. The van der Waals surface area contributed by atoms with Crippen LogP contribution in [0.1, 0.15) is 6.42 Å². The van der Waals surface area contributed by atoms with Crippen LogP contribution in [0, 0.1) is 0 Å². The van der Waals surface area contributed by atoms with E-state index in [1.807, 2.05) is 0 Å². The highest BCUT2D eigenvalue weighted by Crippen LogP contribution is 2.10. The number of aromatic nitrogens is 5. The van der Waals surface area contributed by atoms with Crippen molar-refractivity contribution in [3.8, 4) is 12.0 Å². The Morgan fingerprint density at radius 1 is 1.14 bits per heavy atom. The SMILES string of the molecule is COCCOCCCOc1nc(Cl)nc(-n2cccn2)n1. The van der Waals surface area contributed by atoms with E-state index in [9.17, 15) is 0 Å². The van der Waals surface area contributed by atoms with Crippen molar-refractivity contribution in [1.29, 1.82) is 0 Å². The van der Waals surface area contributed by atoms with Crippen LogP contribution in [0.4, 0.5) is 0 Å². The summed E-state index contributed by atoms with van der Waals surface area (Å²) in [4.78, 5) is 12.0. The normalized spacial score (nSPS) is 10.8. The van der Waals surface area contributed by atoms with Crippen LogP contribution in [-0.2, 0) is 9.47 Å². The molecule has 0 N–H and O–H groups in total. The van der Waals surface area contributed by atoms with Crippen molar-refractivity contribution in [1.82, 2.24) is 24.7 Å². The summed E-state index contributed by atoms with van der Waals surface area (Å²) in [5, 5.41) is 4.08. The summed E-state index contributed by atoms with van der Waals surface area (Å²) in [7, 11) is 1.63. The molecule has 0 aliphatic rings. The lowest BCUT2D eigenvalue weighted by molar-refractivity contribution is 0.0639. The van der Waals surface area contributed by atoms with E-state index in [1.54, 1.807) is 25.6 Å². The summed E-state index contributed by atoms with van der Waals surface area (Å²) in [5.41, 5.74) is 0. The average molecular weight is 314 g/mol. The first-order valence-electron chi connectivity index (χ1n) is 6.40. The van der Waals surface area contributed by atoms with E-state index < -0.39 is 0 Å². The van der Waals surface area contributed by atoms with Crippen molar-refractivity contribution in [2.75, 3.05) is 33.5 Å². The van der Waals surface area contributed by atoms with Crippen LogP contribution in [0.15, 0.2) is 18.5 Å². The second-order valence-electron chi connectivity index (χ2n) is 3.94. The largest absolute Gasteiger partial charge is 0.463 e. The van der Waals surface area contributed by atoms with E-state index in [1.165, 1.54) is 4.68 Å². The molecule has 8 nitrogen and oxygen atoms in total. The first-order valence-corrected chi connectivity index (χ1v) is 6.78. The second-order valence-corrected chi connectivity index (χ2v) is 4.28. The highest BCUT2D eigenvalue weighted by Gasteiger charge is 2.08. The van der Waals surface area contributed by atoms with Gasteiger partial charge in [0.15, 0.2) is 0 Å². The minimum atomic E-state index is 0.0573. The van der Waals surface area contributed by atoms with Gasteiger partial charge in [-0.25, -0.2) is 4.68 Å². The fraction of sp³-hybridized carbons (Fsp3) is 0.500. The Hall–Kier alpha value is -1.77. The predicted octanol–water partition coefficient (Wildman–Crippen LogP) is 1.14. The quantitative estimate of drug-likeness (QED) is 0.642. The summed E-state index contributed by atoms with van der Waals surface area (Å²) in [5.74, 6) is 0.311. The van der Waals surface area contributed by atoms with Crippen LogP contribution in [0.5, 0.6) is 6.01 Å². The Kier molecular flexibility index (Phi) is 6.32. The molecular formula is C12H16ClN5O3. The standard InChI is InChI=1S/C12H16ClN5O3/c1-19-8-9-20-6-3-7-21-12-16-10(13)15-11(17-12)18-5-2-4-14-18/h2,4-5H,3,6-9H2,1H3. The van der Waals surface area contributed by atoms with Gasteiger partial charge in [0.05, 0.1) is 19.8 Å². The zero-order valence-corrected chi connectivity index (χ0v) is 12.4. The lowest BCUT2D eigenvalue weighted by Crippen LogP contribution is -2.10. The Morgan fingerprint density at radius 3 is 2.81 bits per heavy atom. The van der Waals surface area contributed by atoms with Gasteiger partial charge in [-0.2, -0.15) is 20.1 Å². The van der Waals surface area contributed by atoms with E-state index in [0.29, 0.717) is 38.8 Å². The van der Waals surface area contributed by atoms with Crippen molar-refractivity contribution in [3.05, 3.63) is 23.7 Å². The van der Waals surface area contributed by atoms with E-state index in [0.717, 1.165) is 0 Å². The van der Waals surface area contributed by atoms with E-state index in [4.69, 9.17) is 25.8 Å². The van der Waals surface area contributed by atoms with Crippen molar-refractivity contribution in [2.24, 2.45) is 0 Å². The maximum absolute atomic E-state index is 5.84. The zero-order chi connectivity index (χ0) is 14.9. The summed E-state index contributed by atoms with van der Waals surface area (Å²) >= 11 is 5.84. The zero-order valence-electron chi connectivity index (χ0n) is 11.6. The van der Waals surface area contributed by atoms with Gasteiger partial charge >= 0.3 is 6.01 Å². The first-order chi connectivity index (χ1) is 10.3. The number of hydrogen-bond donors (Lipinski definition) is 0. The molecular weight excluding hydrogens is 298 g/mol. The van der Waals surface area contributed by atoms with Gasteiger partial charge in [0.2, 0.25) is 5.28 Å². The van der Waals surface area contributed by atoms with E-state index >= 15 is 0 Å². The van der Waals surface area contributed by atoms with Gasteiger partial charge in [0.1, 0.15) is 0 Å². The number of halogens is 1. The molecule has 2 aromatic heterocycles. The van der Waals surface area contributed by atoms with Crippen LogP contribution in [0.25, 0.3) is 5.95 Å². The van der Waals surface area contributed by atoms with Gasteiger partial charge in [0, 0.05) is 32.5 Å². The predicted molar refractivity (Wildman–Crippen MR) is 74.8 cm³/mol. The summed E-state index contributed by atoms with van der Waals surface area (Å²) in [6.45, 7) is 2.15. The molecule has 21 heavy (non-hydrogen) atoms. The van der Waals surface area contributed by atoms with Gasteiger partial charge in [-0.15, -0.1) is 0 Å². The molecule has 2 aromatic rings. The van der Waals surface area contributed by atoms with E-state index in [2.05, 4.69) is 20.1 Å². The van der Waals surface area contributed by atoms with Gasteiger partial charge in [-0.05, 0) is 17.7 Å². The minimum absolute atomic E-state index is 0.0573. The molecule has 0 atom stereocenters. The number of ether oxygens (including phenoxy) is 3. The second kappa shape index (κ2) is 8.50. The molecule has 0 aliphatic carbocycles. The Labute approximate surface area is 127 Å². The third-order valence-corrected chi connectivity index (χ3v) is 2.55. The van der Waals surface area contributed by atoms with Gasteiger partial charge in [0.25, 0.3) is 5.95 Å². The Morgan fingerprint density at radius 2 is 2.05 bits per heavy atom. The molecule has 0 unspecified atom stereocenters. The molecule has 0 amide bonds. The Balaban J connectivity index is 1.81. The molecule has 9 heteroatoms. The van der Waals surface area contributed by atoms with Crippen LogP contribution in [0.3, 0.4) is 0 Å². The molecule has 0 saturated heterocycles.